The molecule has 1 saturated heterocycles. The molecular weight excluding hydrogens is 447 g/mol. The molecule has 3 aromatic rings. The highest BCUT2D eigenvalue weighted by Gasteiger charge is 2.52. The minimum absolute atomic E-state index is 0.129. The van der Waals surface area contributed by atoms with Gasteiger partial charge in [-0.2, -0.15) is 0 Å². The number of carboxylic acid groups (broad SMARTS) is 1. The van der Waals surface area contributed by atoms with E-state index in [9.17, 15) is 23.1 Å². The molecule has 1 aliphatic rings. The van der Waals surface area contributed by atoms with Gasteiger partial charge < -0.3 is 19.0 Å². The summed E-state index contributed by atoms with van der Waals surface area (Å²) in [6.07, 6.45) is 1.49. The monoisotopic (exact) mass is 472 g/mol. The fraction of sp³-hybridized carbons (Fsp3) is 0.364. The van der Waals surface area contributed by atoms with Crippen LogP contribution in [0.25, 0.3) is 10.9 Å². The third-order valence-corrected chi connectivity index (χ3v) is 8.14. The van der Waals surface area contributed by atoms with Crippen LogP contribution in [0.5, 0.6) is 0 Å². The lowest BCUT2D eigenvalue weighted by atomic mass is 9.78. The Balaban J connectivity index is 2.06. The van der Waals surface area contributed by atoms with E-state index in [-0.39, 0.29) is 15.8 Å². The second-order valence-corrected chi connectivity index (χ2v) is 11.1. The number of carbonyl (C=O) groups is 1. The fourth-order valence-electron chi connectivity index (χ4n) is 3.79. The number of hydrogen-bond acceptors (Lipinski definition) is 6. The van der Waals surface area contributed by atoms with Crippen LogP contribution in [0.1, 0.15) is 43.7 Å². The maximum Gasteiger partial charge on any atom is 0.497 e. The second kappa shape index (κ2) is 7.31. The van der Waals surface area contributed by atoms with Crippen LogP contribution in [0, 0.1) is 6.92 Å². The van der Waals surface area contributed by atoms with Gasteiger partial charge in [-0.1, -0.05) is 17.7 Å². The third kappa shape index (κ3) is 3.51. The van der Waals surface area contributed by atoms with Crippen LogP contribution in [-0.4, -0.2) is 46.4 Å². The van der Waals surface area contributed by atoms with E-state index in [1.807, 2.05) is 27.7 Å². The molecule has 0 bridgehead atoms. The van der Waals surface area contributed by atoms with E-state index in [0.29, 0.717) is 9.44 Å². The first-order valence-electron chi connectivity index (χ1n) is 10.3. The summed E-state index contributed by atoms with van der Waals surface area (Å²) in [6.45, 7) is 9.25. The number of aromatic nitrogens is 2. The second-order valence-electron chi connectivity index (χ2n) is 9.27. The molecule has 0 amide bonds. The summed E-state index contributed by atoms with van der Waals surface area (Å²) in [4.78, 5) is 25.1. The molecule has 3 heterocycles. The van der Waals surface area contributed by atoms with Crippen LogP contribution >= 0.6 is 0 Å². The molecule has 2 aromatic heterocycles. The number of nitrogens with zero attached hydrogens (tertiary/aromatic N) is 2. The molecule has 9 nitrogen and oxygen atoms in total. The molecule has 33 heavy (non-hydrogen) atoms. The zero-order chi connectivity index (χ0) is 24.5. The van der Waals surface area contributed by atoms with Gasteiger partial charge >= 0.3 is 13.1 Å². The Bertz CT molecular complexity index is 1430. The molecule has 1 fully saturated rings. The number of aryl methyl sites for hydroxylation is 2. The van der Waals surface area contributed by atoms with Crippen LogP contribution in [0.3, 0.4) is 0 Å². The number of aromatic carboxylic acids is 1. The van der Waals surface area contributed by atoms with Crippen molar-refractivity contribution in [2.75, 3.05) is 0 Å². The van der Waals surface area contributed by atoms with Gasteiger partial charge in [0.2, 0.25) is 0 Å². The van der Waals surface area contributed by atoms with Gasteiger partial charge in [-0.25, -0.2) is 17.2 Å². The molecule has 0 aliphatic carbocycles. The molecule has 0 atom stereocenters. The van der Waals surface area contributed by atoms with Crippen molar-refractivity contribution in [2.24, 2.45) is 7.05 Å². The Morgan fingerprint density at radius 2 is 1.61 bits per heavy atom. The molecule has 0 radical (unpaired) electrons. The van der Waals surface area contributed by atoms with E-state index >= 15 is 0 Å². The van der Waals surface area contributed by atoms with Crippen molar-refractivity contribution in [2.45, 2.75) is 50.7 Å². The summed E-state index contributed by atoms with van der Waals surface area (Å²) in [5.41, 5.74) is -1.66. The van der Waals surface area contributed by atoms with Crippen LogP contribution in [0.2, 0.25) is 0 Å². The lowest BCUT2D eigenvalue weighted by Gasteiger charge is -2.32. The fourth-order valence-corrected chi connectivity index (χ4v) is 5.29. The zero-order valence-corrected chi connectivity index (χ0v) is 20.1. The Kier molecular flexibility index (Phi) is 5.16. The van der Waals surface area contributed by atoms with Crippen molar-refractivity contribution in [3.8, 4) is 0 Å². The number of pyridine rings is 1. The highest BCUT2D eigenvalue weighted by atomic mass is 32.2. The molecule has 1 aliphatic heterocycles. The largest absolute Gasteiger partial charge is 0.497 e. The minimum atomic E-state index is -4.40. The molecule has 0 saturated carbocycles. The van der Waals surface area contributed by atoms with Gasteiger partial charge in [-0.15, -0.1) is 0 Å². The molecule has 0 spiro atoms. The van der Waals surface area contributed by atoms with Gasteiger partial charge in [0.1, 0.15) is 11.2 Å². The maximum absolute atomic E-state index is 13.5. The zero-order valence-electron chi connectivity index (χ0n) is 19.2. The molecule has 0 unspecified atom stereocenters. The number of rotatable bonds is 4. The highest BCUT2D eigenvalue weighted by Crippen LogP contribution is 2.37. The van der Waals surface area contributed by atoms with Gasteiger partial charge in [-0.05, 0) is 52.8 Å². The topological polar surface area (TPSA) is 117 Å². The van der Waals surface area contributed by atoms with Crippen molar-refractivity contribution in [3.63, 3.8) is 0 Å². The average Bonchev–Trinajstić information content (AvgIpc) is 3.21. The number of fused-ring (bicyclic) bond motifs is 1. The van der Waals surface area contributed by atoms with E-state index < -0.39 is 45.6 Å². The predicted octanol–water partition coefficient (Wildman–Crippen LogP) is 1.88. The lowest BCUT2D eigenvalue weighted by molar-refractivity contribution is 0.00578. The summed E-state index contributed by atoms with van der Waals surface area (Å²) >= 11 is 0. The molecule has 11 heteroatoms. The van der Waals surface area contributed by atoms with E-state index in [1.165, 1.54) is 36.0 Å². The van der Waals surface area contributed by atoms with E-state index in [0.717, 1.165) is 5.56 Å². The Morgan fingerprint density at radius 3 is 2.12 bits per heavy atom. The normalized spacial score (nSPS) is 17.6. The molecule has 4 rings (SSSR count). The van der Waals surface area contributed by atoms with Crippen molar-refractivity contribution >= 4 is 39.5 Å². The third-order valence-electron chi connectivity index (χ3n) is 6.41. The van der Waals surface area contributed by atoms with E-state index in [1.54, 1.807) is 19.1 Å². The summed E-state index contributed by atoms with van der Waals surface area (Å²) in [5, 5.41) is 9.99. The van der Waals surface area contributed by atoms with Gasteiger partial charge in [0, 0.05) is 24.1 Å². The lowest BCUT2D eigenvalue weighted by Crippen LogP contribution is -2.41. The first-order valence-corrected chi connectivity index (χ1v) is 11.8. The Hall–Kier alpha value is -2.89. The Morgan fingerprint density at radius 1 is 1.06 bits per heavy atom. The summed E-state index contributed by atoms with van der Waals surface area (Å²) < 4.78 is 41.1. The van der Waals surface area contributed by atoms with Gasteiger partial charge in [0.15, 0.2) is 0 Å². The SMILES string of the molecule is Cc1ccc(S(=O)(=O)n2c(C(=O)O)cc3c(B4OC(C)(C)C(C)(C)O4)cn(C)c(=O)c32)cc1. The number of carboxylic acids is 1. The van der Waals surface area contributed by atoms with Gasteiger partial charge in [-0.3, -0.25) is 4.79 Å². The molecule has 1 N–H and O–H groups in total. The standard InChI is InChI=1S/C22H25BN2O7S/c1-13-7-9-14(10-8-13)33(29,30)25-17(20(27)28)11-15-16(12-24(6)19(26)18(15)25)23-31-21(2,3)22(4,5)32-23/h7-12H,1-6H3,(H,27,28). The molecular formula is C22H25BN2O7S. The summed E-state index contributed by atoms with van der Waals surface area (Å²) in [5.74, 6) is -1.48. The predicted molar refractivity (Wildman–Crippen MR) is 124 cm³/mol. The summed E-state index contributed by atoms with van der Waals surface area (Å²) in [7, 11) is -3.86. The van der Waals surface area contributed by atoms with Crippen molar-refractivity contribution in [1.82, 2.24) is 8.54 Å². The van der Waals surface area contributed by atoms with Crippen LogP contribution < -0.4 is 11.0 Å². The van der Waals surface area contributed by atoms with E-state index in [2.05, 4.69) is 0 Å². The quantitative estimate of drug-likeness (QED) is 0.577. The van der Waals surface area contributed by atoms with Crippen LogP contribution in [0.4, 0.5) is 0 Å². The first-order chi connectivity index (χ1) is 15.2. The van der Waals surface area contributed by atoms with Crippen LogP contribution in [0.15, 0.2) is 46.2 Å². The van der Waals surface area contributed by atoms with Crippen molar-refractivity contribution in [1.29, 1.82) is 0 Å². The number of hydrogen-bond donors (Lipinski definition) is 1. The van der Waals surface area contributed by atoms with Gasteiger partial charge in [0.05, 0.1) is 16.1 Å². The van der Waals surface area contributed by atoms with Crippen molar-refractivity contribution in [3.05, 3.63) is 58.1 Å². The number of benzene rings is 1. The van der Waals surface area contributed by atoms with E-state index in [4.69, 9.17) is 9.31 Å². The van der Waals surface area contributed by atoms with Crippen LogP contribution in [-0.2, 0) is 26.4 Å². The first kappa shape index (κ1) is 23.3. The minimum Gasteiger partial charge on any atom is -0.477 e. The van der Waals surface area contributed by atoms with Gasteiger partial charge in [0.25, 0.3) is 15.6 Å². The Labute approximate surface area is 191 Å². The molecule has 1 aromatic carbocycles. The average molecular weight is 472 g/mol. The van der Waals surface area contributed by atoms with Crippen molar-refractivity contribution < 1.29 is 27.6 Å². The highest BCUT2D eigenvalue weighted by molar-refractivity contribution is 7.90. The smallest absolute Gasteiger partial charge is 0.477 e. The summed E-state index contributed by atoms with van der Waals surface area (Å²) in [6, 6.07) is 7.15. The maximum atomic E-state index is 13.5. The molecule has 174 valence electrons.